The van der Waals surface area contributed by atoms with E-state index in [0.29, 0.717) is 5.69 Å². The molecule has 13 heavy (non-hydrogen) atoms. The zero-order chi connectivity index (χ0) is 9.42. The van der Waals surface area contributed by atoms with E-state index < -0.39 is 0 Å². The Hall–Kier alpha value is -1.82. The first-order chi connectivity index (χ1) is 6.20. The Morgan fingerprint density at radius 3 is 2.85 bits per heavy atom. The number of nitriles is 1. The van der Waals surface area contributed by atoms with Gasteiger partial charge in [-0.2, -0.15) is 5.26 Å². The Labute approximate surface area is 76.0 Å². The second kappa shape index (κ2) is 2.60. The highest BCUT2D eigenvalue weighted by Crippen LogP contribution is 2.17. The predicted octanol–water partition coefficient (Wildman–Crippen LogP) is 2.05. The minimum absolute atomic E-state index is 0.566. The van der Waals surface area contributed by atoms with Gasteiger partial charge in [0.15, 0.2) is 0 Å². The molecule has 0 aliphatic rings. The van der Waals surface area contributed by atoms with Crippen molar-refractivity contribution in [3.05, 3.63) is 29.1 Å². The molecule has 0 aliphatic heterocycles. The first kappa shape index (κ1) is 7.81. The summed E-state index contributed by atoms with van der Waals surface area (Å²) in [4.78, 5) is 7.25. The third-order valence-corrected chi connectivity index (χ3v) is 2.06. The van der Waals surface area contributed by atoms with E-state index in [0.717, 1.165) is 22.3 Å². The summed E-state index contributed by atoms with van der Waals surface area (Å²) in [5.74, 6) is 0. The quantitative estimate of drug-likeness (QED) is 0.659. The second-order valence-electron chi connectivity index (χ2n) is 3.14. The van der Waals surface area contributed by atoms with Crippen LogP contribution in [0.25, 0.3) is 11.0 Å². The predicted molar refractivity (Wildman–Crippen MR) is 50.3 cm³/mol. The van der Waals surface area contributed by atoms with Crippen LogP contribution in [0, 0.1) is 25.2 Å². The Morgan fingerprint density at radius 2 is 2.15 bits per heavy atom. The maximum atomic E-state index is 8.69. The average Bonchev–Trinajstić information content (AvgIpc) is 2.47. The zero-order valence-electron chi connectivity index (χ0n) is 7.55. The number of hydrogen-bond donors (Lipinski definition) is 1. The number of aryl methyl sites for hydroxylation is 2. The number of hydrogen-bond acceptors (Lipinski definition) is 2. The lowest BCUT2D eigenvalue weighted by Gasteiger charge is -1.96. The number of aromatic nitrogens is 2. The van der Waals surface area contributed by atoms with Crippen LogP contribution >= 0.6 is 0 Å². The molecule has 0 aromatic carbocycles. The average molecular weight is 171 g/mol. The molecule has 0 saturated carbocycles. The van der Waals surface area contributed by atoms with Gasteiger partial charge in [-0.15, -0.1) is 0 Å². The molecule has 2 heterocycles. The van der Waals surface area contributed by atoms with E-state index in [4.69, 9.17) is 5.26 Å². The zero-order valence-corrected chi connectivity index (χ0v) is 7.55. The van der Waals surface area contributed by atoms with Gasteiger partial charge >= 0.3 is 0 Å². The standard InChI is InChI=1S/C10H9N3/c1-6-3-7(2)12-10-9(6)4-8(5-11)13-10/h3-4H,1-2H3,(H,12,13). The summed E-state index contributed by atoms with van der Waals surface area (Å²) in [5.41, 5.74) is 3.49. The van der Waals surface area contributed by atoms with E-state index in [1.165, 1.54) is 0 Å². The normalized spacial score (nSPS) is 10.2. The van der Waals surface area contributed by atoms with Crippen molar-refractivity contribution in [2.45, 2.75) is 13.8 Å². The molecule has 0 aliphatic carbocycles. The summed E-state index contributed by atoms with van der Waals surface area (Å²) in [6.45, 7) is 3.96. The molecule has 0 fully saturated rings. The molecule has 2 aromatic rings. The van der Waals surface area contributed by atoms with Gasteiger partial charge in [0.2, 0.25) is 0 Å². The van der Waals surface area contributed by atoms with Crippen LogP contribution in [0.15, 0.2) is 12.1 Å². The van der Waals surface area contributed by atoms with Crippen molar-refractivity contribution >= 4 is 11.0 Å². The maximum Gasteiger partial charge on any atom is 0.138 e. The summed E-state index contributed by atoms with van der Waals surface area (Å²) in [6.07, 6.45) is 0. The fraction of sp³-hybridized carbons (Fsp3) is 0.200. The fourth-order valence-corrected chi connectivity index (χ4v) is 1.49. The lowest BCUT2D eigenvalue weighted by molar-refractivity contribution is 1.20. The third kappa shape index (κ3) is 1.17. The molecule has 3 heteroatoms. The molecule has 0 unspecified atom stereocenters. The van der Waals surface area contributed by atoms with E-state index in [1.807, 2.05) is 26.0 Å². The van der Waals surface area contributed by atoms with Crippen LogP contribution in [-0.4, -0.2) is 9.97 Å². The number of pyridine rings is 1. The van der Waals surface area contributed by atoms with E-state index >= 15 is 0 Å². The number of rotatable bonds is 0. The van der Waals surface area contributed by atoms with Crippen molar-refractivity contribution in [1.82, 2.24) is 9.97 Å². The molecule has 0 spiro atoms. The van der Waals surface area contributed by atoms with Gasteiger partial charge in [0.1, 0.15) is 17.4 Å². The van der Waals surface area contributed by atoms with Gasteiger partial charge in [-0.3, -0.25) is 0 Å². The van der Waals surface area contributed by atoms with Gasteiger partial charge in [0.05, 0.1) is 0 Å². The summed E-state index contributed by atoms with van der Waals surface area (Å²) in [5, 5.41) is 9.72. The molecule has 64 valence electrons. The van der Waals surface area contributed by atoms with Crippen LogP contribution in [0.3, 0.4) is 0 Å². The van der Waals surface area contributed by atoms with Crippen molar-refractivity contribution in [2.24, 2.45) is 0 Å². The number of aromatic amines is 1. The minimum Gasteiger partial charge on any atom is -0.331 e. The summed E-state index contributed by atoms with van der Waals surface area (Å²) >= 11 is 0. The Bertz CT molecular complexity index is 503. The Kier molecular flexibility index (Phi) is 1.56. The third-order valence-electron chi connectivity index (χ3n) is 2.06. The highest BCUT2D eigenvalue weighted by Gasteiger charge is 2.04. The van der Waals surface area contributed by atoms with Crippen LogP contribution in [0.2, 0.25) is 0 Å². The monoisotopic (exact) mass is 171 g/mol. The Balaban J connectivity index is 2.84. The van der Waals surface area contributed by atoms with Gasteiger partial charge in [0, 0.05) is 11.1 Å². The van der Waals surface area contributed by atoms with Crippen molar-refractivity contribution in [3.63, 3.8) is 0 Å². The number of H-pyrrole nitrogens is 1. The summed E-state index contributed by atoms with van der Waals surface area (Å²) < 4.78 is 0. The van der Waals surface area contributed by atoms with E-state index in [1.54, 1.807) is 0 Å². The molecule has 0 amide bonds. The summed E-state index contributed by atoms with van der Waals surface area (Å²) in [6, 6.07) is 5.91. The minimum atomic E-state index is 0.566. The highest BCUT2D eigenvalue weighted by molar-refractivity contribution is 5.81. The topological polar surface area (TPSA) is 52.5 Å². The van der Waals surface area contributed by atoms with Gasteiger partial charge in [-0.25, -0.2) is 4.98 Å². The first-order valence-electron chi connectivity index (χ1n) is 4.08. The van der Waals surface area contributed by atoms with Crippen LogP contribution in [0.4, 0.5) is 0 Å². The largest absolute Gasteiger partial charge is 0.331 e. The fourth-order valence-electron chi connectivity index (χ4n) is 1.49. The van der Waals surface area contributed by atoms with Crippen LogP contribution in [-0.2, 0) is 0 Å². The van der Waals surface area contributed by atoms with E-state index in [-0.39, 0.29) is 0 Å². The Morgan fingerprint density at radius 1 is 1.38 bits per heavy atom. The molecule has 0 atom stereocenters. The number of fused-ring (bicyclic) bond motifs is 1. The van der Waals surface area contributed by atoms with Gasteiger partial charge in [-0.1, -0.05) is 0 Å². The molecule has 0 bridgehead atoms. The molecule has 0 saturated heterocycles. The molecule has 0 radical (unpaired) electrons. The second-order valence-corrected chi connectivity index (χ2v) is 3.14. The molecule has 2 aromatic heterocycles. The van der Waals surface area contributed by atoms with Gasteiger partial charge in [-0.05, 0) is 31.5 Å². The van der Waals surface area contributed by atoms with Crippen molar-refractivity contribution in [1.29, 1.82) is 5.26 Å². The van der Waals surface area contributed by atoms with E-state index in [9.17, 15) is 0 Å². The molecular weight excluding hydrogens is 162 g/mol. The van der Waals surface area contributed by atoms with Crippen LogP contribution < -0.4 is 0 Å². The highest BCUT2D eigenvalue weighted by atomic mass is 14.9. The maximum absolute atomic E-state index is 8.69. The number of nitrogens with zero attached hydrogens (tertiary/aromatic N) is 2. The first-order valence-corrected chi connectivity index (χ1v) is 4.08. The van der Waals surface area contributed by atoms with Crippen molar-refractivity contribution < 1.29 is 0 Å². The lowest BCUT2D eigenvalue weighted by atomic mass is 10.2. The molecule has 3 nitrogen and oxygen atoms in total. The van der Waals surface area contributed by atoms with Gasteiger partial charge < -0.3 is 4.98 Å². The van der Waals surface area contributed by atoms with Gasteiger partial charge in [0.25, 0.3) is 0 Å². The molecule has 1 N–H and O–H groups in total. The summed E-state index contributed by atoms with van der Waals surface area (Å²) in [7, 11) is 0. The number of nitrogens with one attached hydrogen (secondary N) is 1. The lowest BCUT2D eigenvalue weighted by Crippen LogP contribution is -1.84. The smallest absolute Gasteiger partial charge is 0.138 e. The van der Waals surface area contributed by atoms with E-state index in [2.05, 4.69) is 16.0 Å². The SMILES string of the molecule is Cc1cc(C)c2cc(C#N)[nH]c2n1. The molecule has 2 rings (SSSR count). The van der Waals surface area contributed by atoms with Crippen molar-refractivity contribution in [2.75, 3.05) is 0 Å². The van der Waals surface area contributed by atoms with Crippen molar-refractivity contribution in [3.8, 4) is 6.07 Å². The van der Waals surface area contributed by atoms with Crippen LogP contribution in [0.5, 0.6) is 0 Å². The molecular formula is C10H9N3. The van der Waals surface area contributed by atoms with Crippen LogP contribution in [0.1, 0.15) is 17.0 Å².